The van der Waals surface area contributed by atoms with Crippen molar-refractivity contribution < 1.29 is 9.21 Å². The van der Waals surface area contributed by atoms with Gasteiger partial charge in [-0.25, -0.2) is 15.0 Å². The number of carbonyl (C=O) groups excluding carboxylic acids is 1. The first-order chi connectivity index (χ1) is 15.6. The standard InChI is InChI=1S/C22H19N7O2S/c1-2-13-10-24-21(25-11-13)14-3-4-15-16(7-14)32-20(26-15)9-19-29-28-18(31-19)8-17(30)27-22(12-23)5-6-22/h3-4,7,10-11H,2,5-6,8-9H2,1H3,(H,27,30). The Bertz CT molecular complexity index is 1330. The van der Waals surface area contributed by atoms with E-state index in [1.807, 2.05) is 30.6 Å². The fourth-order valence-corrected chi connectivity index (χ4v) is 4.27. The molecule has 5 rings (SSSR count). The minimum absolute atomic E-state index is 0.0452. The van der Waals surface area contributed by atoms with Gasteiger partial charge in [0.25, 0.3) is 0 Å². The molecule has 0 aliphatic heterocycles. The van der Waals surface area contributed by atoms with Crippen LogP contribution >= 0.6 is 11.3 Å². The Morgan fingerprint density at radius 1 is 1.25 bits per heavy atom. The Balaban J connectivity index is 1.27. The zero-order chi connectivity index (χ0) is 22.1. The van der Waals surface area contributed by atoms with Gasteiger partial charge in [0.05, 0.1) is 22.7 Å². The lowest BCUT2D eigenvalue weighted by atomic mass is 10.2. The van der Waals surface area contributed by atoms with Gasteiger partial charge in [0.1, 0.15) is 17.0 Å². The molecule has 1 aromatic carbocycles. The highest BCUT2D eigenvalue weighted by Crippen LogP contribution is 2.34. The van der Waals surface area contributed by atoms with Crippen LogP contribution in [0.1, 0.15) is 42.1 Å². The van der Waals surface area contributed by atoms with Gasteiger partial charge in [-0.1, -0.05) is 6.92 Å². The second kappa shape index (κ2) is 8.09. The number of carbonyl (C=O) groups is 1. The van der Waals surface area contributed by atoms with Gasteiger partial charge >= 0.3 is 0 Å². The average molecular weight is 446 g/mol. The Morgan fingerprint density at radius 3 is 2.75 bits per heavy atom. The highest BCUT2D eigenvalue weighted by atomic mass is 32.1. The molecule has 160 valence electrons. The molecule has 0 unspecified atom stereocenters. The molecule has 9 nitrogen and oxygen atoms in total. The van der Waals surface area contributed by atoms with Crippen LogP contribution in [0.2, 0.25) is 0 Å². The molecule has 1 amide bonds. The first-order valence-corrected chi connectivity index (χ1v) is 11.1. The van der Waals surface area contributed by atoms with E-state index in [9.17, 15) is 4.79 Å². The molecule has 1 N–H and O–H groups in total. The maximum Gasteiger partial charge on any atom is 0.230 e. The summed E-state index contributed by atoms with van der Waals surface area (Å²) in [5, 5.41) is 20.6. The number of fused-ring (bicyclic) bond motifs is 1. The molecule has 1 saturated carbocycles. The van der Waals surface area contributed by atoms with Gasteiger partial charge in [0, 0.05) is 18.0 Å². The maximum atomic E-state index is 12.1. The van der Waals surface area contributed by atoms with Gasteiger partial charge in [-0.15, -0.1) is 21.5 Å². The van der Waals surface area contributed by atoms with E-state index < -0.39 is 5.54 Å². The monoisotopic (exact) mass is 445 g/mol. The number of nitriles is 1. The molecule has 32 heavy (non-hydrogen) atoms. The van der Waals surface area contributed by atoms with E-state index in [2.05, 4.69) is 43.5 Å². The van der Waals surface area contributed by atoms with Crippen molar-refractivity contribution in [3.8, 4) is 17.5 Å². The molecule has 1 aliphatic carbocycles. The number of benzene rings is 1. The van der Waals surface area contributed by atoms with Crippen molar-refractivity contribution >= 4 is 27.5 Å². The topological polar surface area (TPSA) is 130 Å². The summed E-state index contributed by atoms with van der Waals surface area (Å²) in [4.78, 5) is 25.6. The van der Waals surface area contributed by atoms with Crippen molar-refractivity contribution in [3.05, 3.63) is 52.9 Å². The third kappa shape index (κ3) is 4.20. The quantitative estimate of drug-likeness (QED) is 0.459. The van der Waals surface area contributed by atoms with Crippen LogP contribution in [-0.4, -0.2) is 36.6 Å². The second-order valence-corrected chi connectivity index (χ2v) is 8.86. The zero-order valence-electron chi connectivity index (χ0n) is 17.3. The smallest absolute Gasteiger partial charge is 0.230 e. The number of amides is 1. The number of hydrogen-bond acceptors (Lipinski definition) is 9. The predicted octanol–water partition coefficient (Wildman–Crippen LogP) is 3.00. The first kappa shape index (κ1) is 20.2. The van der Waals surface area contributed by atoms with Crippen molar-refractivity contribution in [2.75, 3.05) is 0 Å². The fourth-order valence-electron chi connectivity index (χ4n) is 3.27. The van der Waals surface area contributed by atoms with Crippen LogP contribution in [0.4, 0.5) is 0 Å². The van der Waals surface area contributed by atoms with E-state index in [0.29, 0.717) is 31.0 Å². The summed E-state index contributed by atoms with van der Waals surface area (Å²) >= 11 is 1.54. The number of nitrogens with zero attached hydrogens (tertiary/aromatic N) is 6. The number of hydrogen-bond donors (Lipinski definition) is 1. The van der Waals surface area contributed by atoms with Gasteiger partial charge in [0.2, 0.25) is 17.7 Å². The van der Waals surface area contributed by atoms with E-state index in [4.69, 9.17) is 9.68 Å². The largest absolute Gasteiger partial charge is 0.424 e. The Labute approximate surface area is 187 Å². The summed E-state index contributed by atoms with van der Waals surface area (Å²) in [5.41, 5.74) is 2.21. The van der Waals surface area contributed by atoms with Gasteiger partial charge in [0.15, 0.2) is 5.82 Å². The summed E-state index contributed by atoms with van der Waals surface area (Å²) in [5.74, 6) is 1.01. The molecule has 0 saturated heterocycles. The first-order valence-electron chi connectivity index (χ1n) is 10.3. The van der Waals surface area contributed by atoms with E-state index in [1.54, 1.807) is 11.3 Å². The summed E-state index contributed by atoms with van der Waals surface area (Å²) in [7, 11) is 0. The second-order valence-electron chi connectivity index (χ2n) is 7.74. The molecule has 1 fully saturated rings. The Morgan fingerprint density at radius 2 is 2.03 bits per heavy atom. The lowest BCUT2D eigenvalue weighted by molar-refractivity contribution is -0.121. The van der Waals surface area contributed by atoms with Crippen LogP contribution in [-0.2, 0) is 24.1 Å². The van der Waals surface area contributed by atoms with Crippen molar-refractivity contribution in [2.45, 2.75) is 44.6 Å². The van der Waals surface area contributed by atoms with Crippen molar-refractivity contribution in [2.24, 2.45) is 0 Å². The molecule has 0 atom stereocenters. The minimum atomic E-state index is -0.705. The number of rotatable bonds is 7. The van der Waals surface area contributed by atoms with E-state index in [0.717, 1.165) is 32.8 Å². The summed E-state index contributed by atoms with van der Waals surface area (Å²) < 4.78 is 6.64. The normalized spacial score (nSPS) is 14.2. The Hall–Kier alpha value is -3.71. The number of aryl methyl sites for hydroxylation is 1. The SMILES string of the molecule is CCc1cnc(-c2ccc3nc(Cc4nnc(CC(=O)NC5(C#N)CC5)o4)sc3c2)nc1. The molecule has 3 aromatic heterocycles. The molecule has 0 spiro atoms. The highest BCUT2D eigenvalue weighted by Gasteiger charge is 2.44. The number of nitrogens with one attached hydrogen (secondary N) is 1. The van der Waals surface area contributed by atoms with Crippen LogP contribution in [0.25, 0.3) is 21.6 Å². The Kier molecular flexibility index (Phi) is 5.11. The summed E-state index contributed by atoms with van der Waals surface area (Å²) in [6.07, 6.45) is 6.30. The lowest BCUT2D eigenvalue weighted by Crippen LogP contribution is -2.36. The van der Waals surface area contributed by atoms with E-state index in [-0.39, 0.29) is 18.2 Å². The predicted molar refractivity (Wildman–Crippen MR) is 117 cm³/mol. The van der Waals surface area contributed by atoms with Crippen LogP contribution in [0, 0.1) is 11.3 Å². The van der Waals surface area contributed by atoms with Crippen molar-refractivity contribution in [3.63, 3.8) is 0 Å². The van der Waals surface area contributed by atoms with Crippen molar-refractivity contribution in [1.29, 1.82) is 5.26 Å². The third-order valence-electron chi connectivity index (χ3n) is 5.27. The third-order valence-corrected chi connectivity index (χ3v) is 6.29. The maximum absolute atomic E-state index is 12.1. The van der Waals surface area contributed by atoms with Crippen LogP contribution in [0.15, 0.2) is 35.0 Å². The van der Waals surface area contributed by atoms with Crippen molar-refractivity contribution in [1.82, 2.24) is 30.5 Å². The summed E-state index contributed by atoms with van der Waals surface area (Å²) in [6, 6.07) is 8.07. The lowest BCUT2D eigenvalue weighted by Gasteiger charge is -2.06. The van der Waals surface area contributed by atoms with Gasteiger partial charge < -0.3 is 9.73 Å². The summed E-state index contributed by atoms with van der Waals surface area (Å²) in [6.45, 7) is 2.07. The van der Waals surface area contributed by atoms with E-state index in [1.165, 1.54) is 0 Å². The molecule has 1 aliphatic rings. The van der Waals surface area contributed by atoms with Crippen LogP contribution in [0.5, 0.6) is 0 Å². The van der Waals surface area contributed by atoms with E-state index >= 15 is 0 Å². The minimum Gasteiger partial charge on any atom is -0.424 e. The van der Waals surface area contributed by atoms with Gasteiger partial charge in [-0.2, -0.15) is 5.26 Å². The number of thiazole rings is 1. The molecule has 10 heteroatoms. The van der Waals surface area contributed by atoms with Crippen LogP contribution < -0.4 is 5.32 Å². The fraction of sp³-hybridized carbons (Fsp3) is 0.318. The molecule has 0 radical (unpaired) electrons. The molecular weight excluding hydrogens is 426 g/mol. The molecule has 4 aromatic rings. The molecular formula is C22H19N7O2S. The van der Waals surface area contributed by atoms with Gasteiger partial charge in [-0.05, 0) is 43.0 Å². The molecule has 0 bridgehead atoms. The zero-order valence-corrected chi connectivity index (χ0v) is 18.1. The number of aromatic nitrogens is 5. The highest BCUT2D eigenvalue weighted by molar-refractivity contribution is 7.18. The average Bonchev–Trinajstić information content (AvgIpc) is 3.24. The molecule has 3 heterocycles. The van der Waals surface area contributed by atoms with Crippen LogP contribution in [0.3, 0.4) is 0 Å². The van der Waals surface area contributed by atoms with Gasteiger partial charge in [-0.3, -0.25) is 4.79 Å².